The van der Waals surface area contributed by atoms with Gasteiger partial charge < -0.3 is 19.5 Å². The number of benzene rings is 1. The molecule has 6 heteroatoms. The molecule has 2 rings (SSSR count). The summed E-state index contributed by atoms with van der Waals surface area (Å²) in [6.45, 7) is 3.86. The molecule has 108 valence electrons. The summed E-state index contributed by atoms with van der Waals surface area (Å²) in [5.41, 5.74) is 0. The number of ether oxygens (including phenoxy) is 3. The maximum atomic E-state index is 11.9. The Hall–Kier alpha value is -2.24. The quantitative estimate of drug-likeness (QED) is 0.829. The number of carbonyl (C=O) groups is 2. The van der Waals surface area contributed by atoms with E-state index in [4.69, 9.17) is 14.2 Å². The lowest BCUT2D eigenvalue weighted by molar-refractivity contribution is -0.163. The van der Waals surface area contributed by atoms with Gasteiger partial charge in [0.25, 0.3) is 5.91 Å². The first-order chi connectivity index (χ1) is 9.61. The van der Waals surface area contributed by atoms with E-state index in [0.717, 1.165) is 0 Å². The van der Waals surface area contributed by atoms with Crippen LogP contribution in [0.1, 0.15) is 13.8 Å². The molecule has 6 nitrogen and oxygen atoms in total. The molecule has 1 aromatic carbocycles. The van der Waals surface area contributed by atoms with Crippen LogP contribution >= 0.6 is 0 Å². The lowest BCUT2D eigenvalue weighted by atomic mass is 10.2. The zero-order valence-electron chi connectivity index (χ0n) is 11.4. The molecule has 1 N–H and O–H groups in total. The van der Waals surface area contributed by atoms with Crippen LogP contribution in [0.15, 0.2) is 24.3 Å². The van der Waals surface area contributed by atoms with Crippen molar-refractivity contribution in [2.75, 3.05) is 13.2 Å². The van der Waals surface area contributed by atoms with Crippen molar-refractivity contribution in [2.45, 2.75) is 26.1 Å². The number of hydrogen-bond acceptors (Lipinski definition) is 5. The fraction of sp³-hybridized carbons (Fsp3) is 0.429. The van der Waals surface area contributed by atoms with Crippen molar-refractivity contribution in [3.05, 3.63) is 24.3 Å². The fourth-order valence-corrected chi connectivity index (χ4v) is 1.76. The number of likely N-dealkylation sites (N-methyl/N-ethyl adjacent to an activating group) is 1. The van der Waals surface area contributed by atoms with Crippen LogP contribution < -0.4 is 14.8 Å². The van der Waals surface area contributed by atoms with Crippen molar-refractivity contribution in [3.8, 4) is 11.5 Å². The minimum atomic E-state index is -0.859. The predicted molar refractivity (Wildman–Crippen MR) is 70.6 cm³/mol. The molecule has 1 aliphatic heterocycles. The summed E-state index contributed by atoms with van der Waals surface area (Å²) in [5, 5.41) is 2.58. The van der Waals surface area contributed by atoms with Gasteiger partial charge in [0.05, 0.1) is 0 Å². The van der Waals surface area contributed by atoms with E-state index < -0.39 is 18.2 Å². The van der Waals surface area contributed by atoms with E-state index in [2.05, 4.69) is 5.32 Å². The number of hydrogen-bond donors (Lipinski definition) is 1. The summed E-state index contributed by atoms with van der Waals surface area (Å²) in [7, 11) is 0. The van der Waals surface area contributed by atoms with Crippen molar-refractivity contribution in [1.29, 1.82) is 0 Å². The smallest absolute Gasteiger partial charge is 0.351 e. The highest BCUT2D eigenvalue weighted by Crippen LogP contribution is 2.31. The van der Waals surface area contributed by atoms with E-state index in [9.17, 15) is 9.59 Å². The predicted octanol–water partition coefficient (Wildman–Crippen LogP) is 0.894. The lowest BCUT2D eigenvalue weighted by Crippen LogP contribution is -2.42. The molecule has 0 saturated carbocycles. The lowest BCUT2D eigenvalue weighted by Gasteiger charge is -2.25. The summed E-state index contributed by atoms with van der Waals surface area (Å²) >= 11 is 0. The van der Waals surface area contributed by atoms with Crippen LogP contribution in [-0.4, -0.2) is 37.2 Å². The monoisotopic (exact) mass is 279 g/mol. The Morgan fingerprint density at radius 1 is 1.40 bits per heavy atom. The Morgan fingerprint density at radius 3 is 2.80 bits per heavy atom. The van der Waals surface area contributed by atoms with Gasteiger partial charge in [0, 0.05) is 6.54 Å². The average Bonchev–Trinajstić information content (AvgIpc) is 2.46. The van der Waals surface area contributed by atoms with E-state index in [1.165, 1.54) is 6.92 Å². The summed E-state index contributed by atoms with van der Waals surface area (Å²) in [6, 6.07) is 7.07. The molecule has 2 atom stereocenters. The van der Waals surface area contributed by atoms with Crippen LogP contribution in [0.3, 0.4) is 0 Å². The Kier molecular flexibility index (Phi) is 4.45. The highest BCUT2D eigenvalue weighted by atomic mass is 16.6. The van der Waals surface area contributed by atoms with Gasteiger partial charge in [-0.1, -0.05) is 12.1 Å². The third-order valence-electron chi connectivity index (χ3n) is 2.78. The molecule has 0 saturated heterocycles. The molecule has 1 aliphatic rings. The molecule has 1 aromatic rings. The highest BCUT2D eigenvalue weighted by Gasteiger charge is 2.30. The number of nitrogens with one attached hydrogen (secondary N) is 1. The molecule has 0 fully saturated rings. The minimum absolute atomic E-state index is 0.0674. The standard InChI is InChI=1S/C14H17NO5/c1-3-15-13(16)9(2)19-14(17)12-8-18-10-6-4-5-7-11(10)20-12/h4-7,9,12H,3,8H2,1-2H3,(H,15,16)/t9-,12+/m1/s1. The largest absolute Gasteiger partial charge is 0.485 e. The van der Waals surface area contributed by atoms with E-state index in [1.54, 1.807) is 25.1 Å². The Balaban J connectivity index is 1.93. The maximum absolute atomic E-state index is 11.9. The van der Waals surface area contributed by atoms with Gasteiger partial charge in [0.2, 0.25) is 6.10 Å². The Bertz CT molecular complexity index is 502. The first kappa shape index (κ1) is 14.2. The van der Waals surface area contributed by atoms with Crippen LogP contribution in [-0.2, 0) is 14.3 Å². The normalized spacial score (nSPS) is 18.0. The van der Waals surface area contributed by atoms with Crippen molar-refractivity contribution >= 4 is 11.9 Å². The van der Waals surface area contributed by atoms with Crippen LogP contribution in [0.2, 0.25) is 0 Å². The molecule has 0 aromatic heterocycles. The first-order valence-electron chi connectivity index (χ1n) is 6.48. The second-order valence-electron chi connectivity index (χ2n) is 4.34. The molecule has 1 amide bonds. The molecule has 20 heavy (non-hydrogen) atoms. The number of rotatable bonds is 4. The van der Waals surface area contributed by atoms with Gasteiger partial charge in [-0.15, -0.1) is 0 Å². The van der Waals surface area contributed by atoms with Gasteiger partial charge >= 0.3 is 5.97 Å². The summed E-state index contributed by atoms with van der Waals surface area (Å²) in [5.74, 6) is 0.135. The van der Waals surface area contributed by atoms with Gasteiger partial charge in [-0.3, -0.25) is 4.79 Å². The third kappa shape index (κ3) is 3.20. The number of esters is 1. The fourth-order valence-electron chi connectivity index (χ4n) is 1.76. The number of carbonyl (C=O) groups excluding carboxylic acids is 2. The summed E-state index contributed by atoms with van der Waals surface area (Å²) < 4.78 is 16.0. The molecule has 0 spiro atoms. The topological polar surface area (TPSA) is 73.9 Å². The molecular weight excluding hydrogens is 262 g/mol. The van der Waals surface area contributed by atoms with E-state index in [1.807, 2.05) is 6.07 Å². The minimum Gasteiger partial charge on any atom is -0.485 e. The zero-order valence-corrected chi connectivity index (χ0v) is 11.4. The van der Waals surface area contributed by atoms with E-state index in [0.29, 0.717) is 18.0 Å². The van der Waals surface area contributed by atoms with Gasteiger partial charge in [-0.25, -0.2) is 4.79 Å². The van der Waals surface area contributed by atoms with Gasteiger partial charge in [0.15, 0.2) is 17.6 Å². The second-order valence-corrected chi connectivity index (χ2v) is 4.34. The Morgan fingerprint density at radius 2 is 2.10 bits per heavy atom. The first-order valence-corrected chi connectivity index (χ1v) is 6.48. The molecule has 0 bridgehead atoms. The second kappa shape index (κ2) is 6.27. The zero-order chi connectivity index (χ0) is 14.5. The average molecular weight is 279 g/mol. The van der Waals surface area contributed by atoms with Crippen molar-refractivity contribution < 1.29 is 23.8 Å². The van der Waals surface area contributed by atoms with Crippen LogP contribution in [0.25, 0.3) is 0 Å². The highest BCUT2D eigenvalue weighted by molar-refractivity contribution is 5.84. The van der Waals surface area contributed by atoms with Gasteiger partial charge in [-0.2, -0.15) is 0 Å². The van der Waals surface area contributed by atoms with Gasteiger partial charge in [-0.05, 0) is 26.0 Å². The SMILES string of the molecule is CCNC(=O)[C@@H](C)OC(=O)[C@@H]1COc2ccccc2O1. The third-order valence-corrected chi connectivity index (χ3v) is 2.78. The molecule has 0 radical (unpaired) electrons. The summed E-state index contributed by atoms with van der Waals surface area (Å²) in [6.07, 6.45) is -1.72. The van der Waals surface area contributed by atoms with Crippen molar-refractivity contribution in [3.63, 3.8) is 0 Å². The van der Waals surface area contributed by atoms with Crippen molar-refractivity contribution in [2.24, 2.45) is 0 Å². The number of amides is 1. The Labute approximate surface area is 117 Å². The van der Waals surface area contributed by atoms with Gasteiger partial charge in [0.1, 0.15) is 6.61 Å². The van der Waals surface area contributed by atoms with Crippen LogP contribution in [0.5, 0.6) is 11.5 Å². The molecule has 0 aliphatic carbocycles. The van der Waals surface area contributed by atoms with Crippen LogP contribution in [0, 0.1) is 0 Å². The molecule has 1 heterocycles. The maximum Gasteiger partial charge on any atom is 0.351 e. The summed E-state index contributed by atoms with van der Waals surface area (Å²) in [4.78, 5) is 23.4. The van der Waals surface area contributed by atoms with E-state index in [-0.39, 0.29) is 12.5 Å². The van der Waals surface area contributed by atoms with E-state index >= 15 is 0 Å². The molecule has 0 unspecified atom stereocenters. The number of para-hydroxylation sites is 2. The number of fused-ring (bicyclic) bond motifs is 1. The van der Waals surface area contributed by atoms with Crippen molar-refractivity contribution in [1.82, 2.24) is 5.32 Å². The van der Waals surface area contributed by atoms with Crippen LogP contribution in [0.4, 0.5) is 0 Å². The molecular formula is C14H17NO5.